The minimum atomic E-state index is 0.00509. The molecule has 0 saturated heterocycles. The third-order valence-corrected chi connectivity index (χ3v) is 5.89. The number of nitrogens with zero attached hydrogens (tertiary/aromatic N) is 1. The summed E-state index contributed by atoms with van der Waals surface area (Å²) in [4.78, 5) is 12.4. The molecular formula is C16H21N3OS. The zero-order valence-corrected chi connectivity index (χ0v) is 13.1. The number of carbonyl (C=O) groups is 1. The summed E-state index contributed by atoms with van der Waals surface area (Å²) in [6.45, 7) is 0.758. The van der Waals surface area contributed by atoms with Crippen LogP contribution in [0.4, 0.5) is 0 Å². The van der Waals surface area contributed by atoms with Crippen LogP contribution in [-0.2, 0) is 0 Å². The van der Waals surface area contributed by atoms with Crippen molar-refractivity contribution in [1.29, 1.82) is 0 Å². The number of thioether (sulfide) groups is 1. The van der Waals surface area contributed by atoms with Crippen molar-refractivity contribution in [2.75, 3.05) is 12.8 Å². The van der Waals surface area contributed by atoms with Crippen molar-refractivity contribution in [3.05, 3.63) is 30.0 Å². The van der Waals surface area contributed by atoms with Gasteiger partial charge in [-0.05, 0) is 31.2 Å². The minimum Gasteiger partial charge on any atom is -0.351 e. The molecule has 112 valence electrons. The Kier molecular flexibility index (Phi) is 4.19. The van der Waals surface area contributed by atoms with Crippen LogP contribution in [-0.4, -0.2) is 33.7 Å². The van der Waals surface area contributed by atoms with Crippen LogP contribution in [0.3, 0.4) is 0 Å². The number of fused-ring (bicyclic) bond motifs is 1. The van der Waals surface area contributed by atoms with E-state index in [1.807, 2.05) is 30.0 Å². The highest BCUT2D eigenvalue weighted by molar-refractivity contribution is 8.00. The molecule has 0 bridgehead atoms. The third kappa shape index (κ3) is 3.07. The van der Waals surface area contributed by atoms with Crippen LogP contribution < -0.4 is 5.32 Å². The zero-order chi connectivity index (χ0) is 14.7. The molecular weight excluding hydrogens is 282 g/mol. The van der Waals surface area contributed by atoms with E-state index in [4.69, 9.17) is 0 Å². The van der Waals surface area contributed by atoms with Crippen molar-refractivity contribution in [2.45, 2.75) is 36.9 Å². The molecule has 1 aromatic carbocycles. The maximum Gasteiger partial charge on any atom is 0.251 e. The van der Waals surface area contributed by atoms with Gasteiger partial charge in [0.25, 0.3) is 5.91 Å². The van der Waals surface area contributed by atoms with Crippen molar-refractivity contribution in [1.82, 2.24) is 15.5 Å². The van der Waals surface area contributed by atoms with Crippen LogP contribution in [0.25, 0.3) is 10.9 Å². The Morgan fingerprint density at radius 1 is 1.38 bits per heavy atom. The average Bonchev–Trinajstić information content (AvgIpc) is 3.01. The molecule has 0 aliphatic heterocycles. The van der Waals surface area contributed by atoms with Crippen molar-refractivity contribution in [2.24, 2.45) is 0 Å². The first kappa shape index (κ1) is 14.4. The second-order valence-corrected chi connectivity index (χ2v) is 7.08. The van der Waals surface area contributed by atoms with E-state index in [0.717, 1.165) is 17.4 Å². The fraction of sp³-hybridized carbons (Fsp3) is 0.500. The smallest absolute Gasteiger partial charge is 0.251 e. The van der Waals surface area contributed by atoms with E-state index in [1.165, 1.54) is 32.1 Å². The molecule has 1 amide bonds. The number of rotatable bonds is 4. The number of hydrogen-bond donors (Lipinski definition) is 2. The summed E-state index contributed by atoms with van der Waals surface area (Å²) in [6, 6.07) is 5.66. The van der Waals surface area contributed by atoms with Crippen LogP contribution in [0.2, 0.25) is 0 Å². The Morgan fingerprint density at radius 2 is 2.19 bits per heavy atom. The summed E-state index contributed by atoms with van der Waals surface area (Å²) >= 11 is 1.90. The van der Waals surface area contributed by atoms with E-state index in [1.54, 1.807) is 6.20 Å². The fourth-order valence-corrected chi connectivity index (χ4v) is 3.98. The van der Waals surface area contributed by atoms with Crippen LogP contribution >= 0.6 is 11.8 Å². The van der Waals surface area contributed by atoms with Gasteiger partial charge in [-0.15, -0.1) is 0 Å². The van der Waals surface area contributed by atoms with E-state index < -0.39 is 0 Å². The third-order valence-electron chi connectivity index (χ3n) is 4.47. The van der Waals surface area contributed by atoms with Crippen LogP contribution in [0.15, 0.2) is 24.4 Å². The molecule has 0 atom stereocenters. The summed E-state index contributed by atoms with van der Waals surface area (Å²) in [5.74, 6) is 0.00509. The lowest BCUT2D eigenvalue weighted by Crippen LogP contribution is -2.41. The molecule has 0 radical (unpaired) electrons. The number of benzene rings is 1. The molecule has 2 aromatic rings. The zero-order valence-electron chi connectivity index (χ0n) is 12.3. The highest BCUT2D eigenvalue weighted by Crippen LogP contribution is 2.38. The Morgan fingerprint density at radius 3 is 2.95 bits per heavy atom. The minimum absolute atomic E-state index is 0.00509. The van der Waals surface area contributed by atoms with Crippen molar-refractivity contribution in [3.8, 4) is 0 Å². The molecule has 1 fully saturated rings. The molecule has 0 unspecified atom stereocenters. The molecule has 1 aliphatic rings. The summed E-state index contributed by atoms with van der Waals surface area (Å²) in [7, 11) is 0. The van der Waals surface area contributed by atoms with E-state index in [-0.39, 0.29) is 10.7 Å². The second kappa shape index (κ2) is 6.10. The van der Waals surface area contributed by atoms with Gasteiger partial charge < -0.3 is 5.32 Å². The topological polar surface area (TPSA) is 57.8 Å². The Hall–Kier alpha value is -1.49. The van der Waals surface area contributed by atoms with Gasteiger partial charge in [-0.25, -0.2) is 0 Å². The van der Waals surface area contributed by atoms with Gasteiger partial charge in [0.15, 0.2) is 0 Å². The molecule has 1 aromatic heterocycles. The van der Waals surface area contributed by atoms with E-state index in [9.17, 15) is 4.79 Å². The second-order valence-electron chi connectivity index (χ2n) is 5.80. The number of nitrogens with one attached hydrogen (secondary N) is 2. The van der Waals surface area contributed by atoms with Crippen molar-refractivity contribution < 1.29 is 4.79 Å². The van der Waals surface area contributed by atoms with Gasteiger partial charge in [-0.2, -0.15) is 16.9 Å². The number of aromatic nitrogens is 2. The molecule has 5 heteroatoms. The van der Waals surface area contributed by atoms with Gasteiger partial charge in [0, 0.05) is 22.2 Å². The van der Waals surface area contributed by atoms with Gasteiger partial charge in [-0.3, -0.25) is 9.89 Å². The molecule has 1 heterocycles. The lowest BCUT2D eigenvalue weighted by molar-refractivity contribution is 0.0947. The van der Waals surface area contributed by atoms with Gasteiger partial charge in [0.1, 0.15) is 0 Å². The molecule has 4 nitrogen and oxygen atoms in total. The van der Waals surface area contributed by atoms with Crippen LogP contribution in [0.5, 0.6) is 0 Å². The Bertz CT molecular complexity index is 631. The van der Waals surface area contributed by atoms with Gasteiger partial charge in [0.05, 0.1) is 11.7 Å². The summed E-state index contributed by atoms with van der Waals surface area (Å²) in [5.41, 5.74) is 1.60. The van der Waals surface area contributed by atoms with Crippen LogP contribution in [0.1, 0.15) is 42.5 Å². The number of H-pyrrole nitrogens is 1. The average molecular weight is 303 g/mol. The van der Waals surface area contributed by atoms with Crippen LogP contribution in [0, 0.1) is 0 Å². The van der Waals surface area contributed by atoms with E-state index >= 15 is 0 Å². The van der Waals surface area contributed by atoms with Gasteiger partial charge in [0.2, 0.25) is 0 Å². The molecule has 0 spiro atoms. The lowest BCUT2D eigenvalue weighted by atomic mass is 9.88. The molecule has 1 saturated carbocycles. The van der Waals surface area contributed by atoms with Crippen molar-refractivity contribution in [3.63, 3.8) is 0 Å². The fourth-order valence-electron chi connectivity index (χ4n) is 3.07. The van der Waals surface area contributed by atoms with E-state index in [0.29, 0.717) is 5.56 Å². The quantitative estimate of drug-likeness (QED) is 0.910. The molecule has 1 aliphatic carbocycles. The molecule has 21 heavy (non-hydrogen) atoms. The maximum atomic E-state index is 12.4. The summed E-state index contributed by atoms with van der Waals surface area (Å²) in [5, 5.41) is 11.0. The lowest BCUT2D eigenvalue weighted by Gasteiger charge is -2.35. The van der Waals surface area contributed by atoms with Crippen molar-refractivity contribution >= 4 is 28.6 Å². The number of amides is 1. The highest BCUT2D eigenvalue weighted by atomic mass is 32.2. The first-order valence-electron chi connectivity index (χ1n) is 7.49. The number of hydrogen-bond acceptors (Lipinski definition) is 3. The van der Waals surface area contributed by atoms with Gasteiger partial charge >= 0.3 is 0 Å². The molecule has 2 N–H and O–H groups in total. The predicted molar refractivity (Wildman–Crippen MR) is 87.8 cm³/mol. The maximum absolute atomic E-state index is 12.4. The highest BCUT2D eigenvalue weighted by Gasteiger charge is 2.31. The molecule has 3 rings (SSSR count). The first-order valence-corrected chi connectivity index (χ1v) is 8.71. The van der Waals surface area contributed by atoms with E-state index in [2.05, 4.69) is 21.8 Å². The SMILES string of the molecule is CSC1(CNC(=O)c2ccc3cn[nH]c3c2)CCCCC1. The number of carbonyl (C=O) groups excluding carboxylic acids is 1. The summed E-state index contributed by atoms with van der Waals surface area (Å²) in [6.07, 6.45) is 10.2. The predicted octanol–water partition coefficient (Wildman–Crippen LogP) is 3.36. The normalized spacial score (nSPS) is 17.8. The standard InChI is InChI=1S/C16H21N3OS/c1-21-16(7-3-2-4-8-16)11-17-15(20)12-5-6-13-10-18-19-14(13)9-12/h5-6,9-10H,2-4,7-8,11H2,1H3,(H,17,20)(H,18,19). The number of aromatic amines is 1. The van der Waals surface area contributed by atoms with Gasteiger partial charge in [-0.1, -0.05) is 25.3 Å². The first-order chi connectivity index (χ1) is 10.2. The largest absolute Gasteiger partial charge is 0.351 e. The Balaban J connectivity index is 1.67. The Labute approximate surface area is 129 Å². The monoisotopic (exact) mass is 303 g/mol. The summed E-state index contributed by atoms with van der Waals surface area (Å²) < 4.78 is 0.228.